The van der Waals surface area contributed by atoms with Gasteiger partial charge in [0.2, 0.25) is 0 Å². The van der Waals surface area contributed by atoms with Crippen molar-refractivity contribution < 1.29 is 23.8 Å². The number of aliphatic hydroxyl groups excluding tert-OH is 2. The van der Waals surface area contributed by atoms with Gasteiger partial charge < -0.3 is 23.8 Å². The molecule has 9 nitrogen and oxygen atoms in total. The van der Waals surface area contributed by atoms with Crippen LogP contribution in [-0.4, -0.2) is 66.9 Å². The number of H-pyrrole nitrogens is 1. The fraction of sp³-hybridized carbons (Fsp3) is 0.833. The molecule has 1 aromatic rings. The maximum atomic E-state index is 12.7. The molecule has 2 heterocycles. The summed E-state index contributed by atoms with van der Waals surface area (Å²) in [5.74, 6) is -0.422. The van der Waals surface area contributed by atoms with Gasteiger partial charge in [0.25, 0.3) is 5.56 Å². The van der Waals surface area contributed by atoms with E-state index in [1.54, 1.807) is 0 Å². The lowest BCUT2D eigenvalue weighted by Crippen LogP contribution is -2.66. The molecule has 3 N–H and O–H groups in total. The van der Waals surface area contributed by atoms with Crippen molar-refractivity contribution in [3.63, 3.8) is 0 Å². The van der Waals surface area contributed by atoms with Crippen LogP contribution >= 0.6 is 0 Å². The van der Waals surface area contributed by atoms with Crippen LogP contribution in [0.4, 0.5) is 0 Å². The Hall–Kier alpha value is -1.09. The molecule has 1 saturated heterocycles. The fourth-order valence-electron chi connectivity index (χ4n) is 4.39. The van der Waals surface area contributed by atoms with Crippen molar-refractivity contribution in [1.29, 1.82) is 0 Å². The Kier molecular flexibility index (Phi) is 7.35. The van der Waals surface area contributed by atoms with Crippen molar-refractivity contribution in [2.45, 2.75) is 114 Å². The van der Waals surface area contributed by atoms with Crippen LogP contribution in [0.1, 0.15) is 54.2 Å². The minimum atomic E-state index is -2.36. The summed E-state index contributed by atoms with van der Waals surface area (Å²) < 4.78 is 21.4. The first kappa shape index (κ1) is 28.5. The monoisotopic (exact) mass is 528 g/mol. The van der Waals surface area contributed by atoms with E-state index in [0.717, 1.165) is 0 Å². The fourth-order valence-corrected chi connectivity index (χ4v) is 6.77. The Balaban J connectivity index is 2.13. The number of hydrogen-bond acceptors (Lipinski definition) is 7. The maximum absolute atomic E-state index is 12.7. The van der Waals surface area contributed by atoms with Crippen molar-refractivity contribution in [3.8, 4) is 0 Å². The van der Waals surface area contributed by atoms with Crippen molar-refractivity contribution >= 4 is 16.6 Å². The maximum Gasteiger partial charge on any atom is 0.330 e. The van der Waals surface area contributed by atoms with Crippen LogP contribution in [0.2, 0.25) is 36.3 Å². The van der Waals surface area contributed by atoms with Gasteiger partial charge in [0.15, 0.2) is 16.6 Å². The molecule has 0 amide bonds. The summed E-state index contributed by atoms with van der Waals surface area (Å²) in [4.78, 5) is 26.7. The molecular weight excluding hydrogens is 484 g/mol. The number of aromatic nitrogens is 2. The zero-order valence-electron chi connectivity index (χ0n) is 22.8. The lowest BCUT2D eigenvalue weighted by molar-refractivity contribution is -0.204. The number of nitrogens with zero attached hydrogens (tertiary/aromatic N) is 1. The van der Waals surface area contributed by atoms with Crippen LogP contribution in [0.5, 0.6) is 0 Å². The predicted molar refractivity (Wildman–Crippen MR) is 140 cm³/mol. The van der Waals surface area contributed by atoms with Crippen molar-refractivity contribution in [2.75, 3.05) is 6.61 Å². The van der Waals surface area contributed by atoms with Gasteiger partial charge in [-0.2, -0.15) is 0 Å². The number of rotatable bonds is 6. The Bertz CT molecular complexity index is 1040. The average Bonchev–Trinajstić information content (AvgIpc) is 2.91. The Morgan fingerprint density at radius 2 is 1.66 bits per heavy atom. The number of ether oxygens (including phenoxy) is 1. The van der Waals surface area contributed by atoms with Crippen molar-refractivity contribution in [3.05, 3.63) is 33.1 Å². The SMILES string of the molecule is CC(C)(C)[Si](C)(C)OC[C@]12O[C@@H](n3ccc(=O)[nH]c3=O)[C@H](C[C@H](O)[C@@H]1O)[C@@H]2O[Si](C)(C)C(C)(C)C. The Labute approximate surface area is 210 Å². The molecule has 1 aromatic heterocycles. The lowest BCUT2D eigenvalue weighted by atomic mass is 9.74. The normalized spacial score (nSPS) is 32.2. The highest BCUT2D eigenvalue weighted by molar-refractivity contribution is 6.74. The molecule has 200 valence electrons. The summed E-state index contributed by atoms with van der Waals surface area (Å²) in [7, 11) is -4.62. The van der Waals surface area contributed by atoms with E-state index in [-0.39, 0.29) is 23.1 Å². The molecule has 0 aromatic carbocycles. The van der Waals surface area contributed by atoms with Crippen LogP contribution in [0.25, 0.3) is 0 Å². The Morgan fingerprint density at radius 3 is 2.17 bits per heavy atom. The number of hydrogen-bond donors (Lipinski definition) is 3. The standard InChI is InChI=1S/C24H44N2O7Si2/c1-22(2,3)34(7,8)31-14-24-18(29)16(27)13-15(19(24)33-35(9,10)23(4,5)6)20(32-24)26-12-11-17(28)25-21(26)30/h11-12,15-16,18-20,27,29H,13-14H2,1-10H3,(H,25,28,30)/t15-,16+,18+,19+,20-,24+/m1/s1. The number of fused-ring (bicyclic) bond motifs is 2. The first-order valence-electron chi connectivity index (χ1n) is 12.4. The summed E-state index contributed by atoms with van der Waals surface area (Å²) in [6, 6.07) is 1.27. The molecule has 2 bridgehead atoms. The molecule has 1 saturated carbocycles. The van der Waals surface area contributed by atoms with Gasteiger partial charge in [-0.25, -0.2) is 4.79 Å². The quantitative estimate of drug-likeness (QED) is 0.485. The average molecular weight is 529 g/mol. The minimum absolute atomic E-state index is 0.0338. The second-order valence-corrected chi connectivity index (χ2v) is 22.8. The van der Waals surface area contributed by atoms with Gasteiger partial charge in [-0.1, -0.05) is 41.5 Å². The molecule has 2 fully saturated rings. The zero-order valence-corrected chi connectivity index (χ0v) is 24.8. The summed E-state index contributed by atoms with van der Waals surface area (Å²) in [6.07, 6.45) is -2.16. The van der Waals surface area contributed by atoms with Crippen LogP contribution in [0, 0.1) is 5.92 Å². The first-order chi connectivity index (χ1) is 15.7. The number of nitrogens with one attached hydrogen (secondary N) is 1. The molecule has 0 unspecified atom stereocenters. The molecule has 11 heteroatoms. The van der Waals surface area contributed by atoms with Gasteiger partial charge in [0, 0.05) is 18.2 Å². The van der Waals surface area contributed by atoms with E-state index < -0.39 is 63.9 Å². The van der Waals surface area contributed by atoms with Gasteiger partial charge in [0.1, 0.15) is 17.9 Å². The van der Waals surface area contributed by atoms with Crippen LogP contribution in [-0.2, 0) is 13.6 Å². The molecule has 0 spiro atoms. The van der Waals surface area contributed by atoms with Crippen molar-refractivity contribution in [1.82, 2.24) is 9.55 Å². The van der Waals surface area contributed by atoms with Gasteiger partial charge >= 0.3 is 5.69 Å². The van der Waals surface area contributed by atoms with E-state index in [0.29, 0.717) is 0 Å². The van der Waals surface area contributed by atoms with Gasteiger partial charge in [-0.05, 0) is 42.7 Å². The molecule has 3 rings (SSSR count). The third-order valence-electron chi connectivity index (χ3n) is 8.77. The second kappa shape index (κ2) is 9.03. The van der Waals surface area contributed by atoms with E-state index in [1.807, 2.05) is 0 Å². The highest BCUT2D eigenvalue weighted by Crippen LogP contribution is 2.54. The third kappa shape index (κ3) is 5.05. The Morgan fingerprint density at radius 1 is 1.09 bits per heavy atom. The smallest absolute Gasteiger partial charge is 0.330 e. The first-order valence-corrected chi connectivity index (χ1v) is 18.2. The van der Waals surface area contributed by atoms with E-state index >= 15 is 0 Å². The van der Waals surface area contributed by atoms with E-state index in [9.17, 15) is 19.8 Å². The highest BCUT2D eigenvalue weighted by atomic mass is 28.4. The van der Waals surface area contributed by atoms with Crippen molar-refractivity contribution in [2.24, 2.45) is 5.92 Å². The van der Waals surface area contributed by atoms with Crippen LogP contribution in [0.3, 0.4) is 0 Å². The zero-order chi connectivity index (χ0) is 26.8. The van der Waals surface area contributed by atoms with E-state index in [2.05, 4.69) is 72.7 Å². The highest BCUT2D eigenvalue weighted by Gasteiger charge is 2.67. The van der Waals surface area contributed by atoms with Gasteiger partial charge in [-0.3, -0.25) is 14.3 Å². The third-order valence-corrected chi connectivity index (χ3v) is 17.7. The minimum Gasteiger partial charge on any atom is -0.414 e. The molecule has 35 heavy (non-hydrogen) atoms. The molecule has 1 aliphatic heterocycles. The van der Waals surface area contributed by atoms with E-state index in [4.69, 9.17) is 13.6 Å². The molecule has 1 aliphatic carbocycles. The predicted octanol–water partition coefficient (Wildman–Crippen LogP) is 2.96. The molecule has 0 radical (unpaired) electrons. The van der Waals surface area contributed by atoms with Crippen LogP contribution < -0.4 is 11.2 Å². The molecule has 2 aliphatic rings. The van der Waals surface area contributed by atoms with Crippen LogP contribution in [0.15, 0.2) is 21.9 Å². The summed E-state index contributed by atoms with van der Waals surface area (Å²) in [6.45, 7) is 21.4. The molecular formula is C24H44N2O7Si2. The summed E-state index contributed by atoms with van der Waals surface area (Å²) in [5, 5.41) is 22.1. The number of aliphatic hydroxyl groups is 2. The van der Waals surface area contributed by atoms with Gasteiger partial charge in [-0.15, -0.1) is 0 Å². The number of aromatic amines is 1. The van der Waals surface area contributed by atoms with Gasteiger partial charge in [0.05, 0.1) is 18.8 Å². The topological polar surface area (TPSA) is 123 Å². The van der Waals surface area contributed by atoms with E-state index in [1.165, 1.54) is 16.8 Å². The lowest BCUT2D eigenvalue weighted by Gasteiger charge is -2.50. The summed E-state index contributed by atoms with van der Waals surface area (Å²) in [5.41, 5.74) is -2.48. The second-order valence-electron chi connectivity index (χ2n) is 13.2. The molecule has 6 atom stereocenters. The summed E-state index contributed by atoms with van der Waals surface area (Å²) >= 11 is 0. The largest absolute Gasteiger partial charge is 0.414 e.